The third-order valence-electron chi connectivity index (χ3n) is 6.58. The van der Waals surface area contributed by atoms with Crippen molar-refractivity contribution >= 4 is 0 Å². The van der Waals surface area contributed by atoms with Crippen LogP contribution >= 0.6 is 0 Å². The van der Waals surface area contributed by atoms with E-state index in [4.69, 9.17) is 10.7 Å². The van der Waals surface area contributed by atoms with Gasteiger partial charge in [0.2, 0.25) is 0 Å². The molecule has 0 spiro atoms. The van der Waals surface area contributed by atoms with E-state index in [1.54, 1.807) is 0 Å². The second-order valence-electron chi connectivity index (χ2n) is 8.11. The summed E-state index contributed by atoms with van der Waals surface area (Å²) >= 11 is 0. The van der Waals surface area contributed by atoms with Gasteiger partial charge in [0.1, 0.15) is 0 Å². The fourth-order valence-corrected chi connectivity index (χ4v) is 5.29. The number of rotatable bonds is 5. The standard InChI is InChI=1S/C19H36N2O/c20-22-19(15-7-3-1-4-8-15)16-11-13-18(14-12-16)21-17-9-5-2-6-10-17/h15-19,21H,1-14,20H2. The van der Waals surface area contributed by atoms with Gasteiger partial charge < -0.3 is 10.2 Å². The van der Waals surface area contributed by atoms with E-state index in [0.29, 0.717) is 12.0 Å². The largest absolute Gasteiger partial charge is 0.311 e. The molecule has 128 valence electrons. The molecule has 0 heterocycles. The van der Waals surface area contributed by atoms with E-state index in [9.17, 15) is 0 Å². The summed E-state index contributed by atoms with van der Waals surface area (Å²) in [6, 6.07) is 1.55. The Morgan fingerprint density at radius 3 is 1.73 bits per heavy atom. The Labute approximate surface area is 136 Å². The van der Waals surface area contributed by atoms with Crippen LogP contribution in [0.5, 0.6) is 0 Å². The highest BCUT2D eigenvalue weighted by molar-refractivity contribution is 4.87. The summed E-state index contributed by atoms with van der Waals surface area (Å²) in [7, 11) is 0. The summed E-state index contributed by atoms with van der Waals surface area (Å²) in [5.74, 6) is 7.14. The van der Waals surface area contributed by atoms with Crippen molar-refractivity contribution in [1.29, 1.82) is 0 Å². The van der Waals surface area contributed by atoms with Gasteiger partial charge in [-0.25, -0.2) is 5.90 Å². The van der Waals surface area contributed by atoms with Crippen molar-refractivity contribution in [2.75, 3.05) is 0 Å². The highest BCUT2D eigenvalue weighted by atomic mass is 16.6. The second-order valence-corrected chi connectivity index (χ2v) is 8.11. The number of nitrogens with two attached hydrogens (primary N) is 1. The topological polar surface area (TPSA) is 47.3 Å². The lowest BCUT2D eigenvalue weighted by molar-refractivity contribution is -0.0505. The molecule has 3 heteroatoms. The van der Waals surface area contributed by atoms with Crippen LogP contribution in [0.25, 0.3) is 0 Å². The third-order valence-corrected chi connectivity index (χ3v) is 6.58. The van der Waals surface area contributed by atoms with Gasteiger partial charge in [0.25, 0.3) is 0 Å². The second kappa shape index (κ2) is 8.65. The highest BCUT2D eigenvalue weighted by Gasteiger charge is 2.34. The quantitative estimate of drug-likeness (QED) is 0.744. The molecule has 0 amide bonds. The molecule has 3 saturated carbocycles. The fraction of sp³-hybridized carbons (Fsp3) is 1.00. The molecule has 0 aromatic rings. The lowest BCUT2D eigenvalue weighted by Gasteiger charge is -2.39. The Hall–Kier alpha value is -0.120. The van der Waals surface area contributed by atoms with Crippen LogP contribution in [0.1, 0.15) is 89.9 Å². The lowest BCUT2D eigenvalue weighted by atomic mass is 9.74. The molecule has 0 aromatic carbocycles. The molecule has 0 aromatic heterocycles. The first-order chi connectivity index (χ1) is 10.9. The molecule has 1 atom stereocenters. The Morgan fingerprint density at radius 2 is 1.14 bits per heavy atom. The van der Waals surface area contributed by atoms with Crippen LogP contribution in [-0.2, 0) is 4.84 Å². The first-order valence-electron chi connectivity index (χ1n) is 9.98. The van der Waals surface area contributed by atoms with E-state index in [1.807, 2.05) is 0 Å². The fourth-order valence-electron chi connectivity index (χ4n) is 5.29. The van der Waals surface area contributed by atoms with Gasteiger partial charge in [-0.2, -0.15) is 0 Å². The zero-order chi connectivity index (χ0) is 15.2. The van der Waals surface area contributed by atoms with Gasteiger partial charge in [-0.3, -0.25) is 0 Å². The molecule has 3 aliphatic rings. The molecule has 0 saturated heterocycles. The van der Waals surface area contributed by atoms with Crippen LogP contribution in [0.4, 0.5) is 0 Å². The summed E-state index contributed by atoms with van der Waals surface area (Å²) in [5, 5.41) is 3.94. The van der Waals surface area contributed by atoms with Crippen molar-refractivity contribution in [2.45, 2.75) is 108 Å². The Balaban J connectivity index is 1.43. The maximum atomic E-state index is 5.70. The first kappa shape index (κ1) is 16.7. The van der Waals surface area contributed by atoms with Crippen molar-refractivity contribution in [3.05, 3.63) is 0 Å². The maximum absolute atomic E-state index is 5.70. The van der Waals surface area contributed by atoms with E-state index in [0.717, 1.165) is 18.0 Å². The summed E-state index contributed by atoms with van der Waals surface area (Å²) < 4.78 is 0. The smallest absolute Gasteiger partial charge is 0.0843 e. The Kier molecular flexibility index (Phi) is 6.58. The Morgan fingerprint density at radius 1 is 0.636 bits per heavy atom. The molecule has 3 fully saturated rings. The summed E-state index contributed by atoms with van der Waals surface area (Å²) in [6.07, 6.45) is 19.5. The molecule has 3 N–H and O–H groups in total. The van der Waals surface area contributed by atoms with Gasteiger partial charge in [-0.05, 0) is 63.2 Å². The number of hydrogen-bond donors (Lipinski definition) is 2. The van der Waals surface area contributed by atoms with Crippen LogP contribution in [0, 0.1) is 11.8 Å². The van der Waals surface area contributed by atoms with E-state index in [-0.39, 0.29) is 0 Å². The minimum Gasteiger partial charge on any atom is -0.311 e. The van der Waals surface area contributed by atoms with Crippen LogP contribution in [-0.4, -0.2) is 18.2 Å². The third kappa shape index (κ3) is 4.46. The normalized spacial score (nSPS) is 33.7. The van der Waals surface area contributed by atoms with Crippen molar-refractivity contribution in [2.24, 2.45) is 17.7 Å². The molecule has 0 bridgehead atoms. The average molecular weight is 309 g/mol. The number of hydrogen-bond acceptors (Lipinski definition) is 3. The lowest BCUT2D eigenvalue weighted by Crippen LogP contribution is -2.44. The molecule has 0 aliphatic heterocycles. The van der Waals surface area contributed by atoms with Crippen molar-refractivity contribution in [3.8, 4) is 0 Å². The predicted molar refractivity (Wildman–Crippen MR) is 91.4 cm³/mol. The van der Waals surface area contributed by atoms with Crippen molar-refractivity contribution in [1.82, 2.24) is 5.32 Å². The van der Waals surface area contributed by atoms with E-state index >= 15 is 0 Å². The molecule has 0 radical (unpaired) electrons. The SMILES string of the molecule is NOC(C1CCCCC1)C1CCC(NC2CCCCC2)CC1. The summed E-state index contributed by atoms with van der Waals surface area (Å²) in [6.45, 7) is 0. The molecule has 3 rings (SSSR count). The van der Waals surface area contributed by atoms with Crippen molar-refractivity contribution < 1.29 is 4.84 Å². The highest BCUT2D eigenvalue weighted by Crippen LogP contribution is 2.37. The van der Waals surface area contributed by atoms with Crippen LogP contribution in [0.2, 0.25) is 0 Å². The molecule has 3 aliphatic carbocycles. The van der Waals surface area contributed by atoms with Gasteiger partial charge in [-0.1, -0.05) is 38.5 Å². The number of nitrogens with one attached hydrogen (secondary N) is 1. The van der Waals surface area contributed by atoms with Gasteiger partial charge in [0, 0.05) is 12.1 Å². The summed E-state index contributed by atoms with van der Waals surface area (Å²) in [4.78, 5) is 5.49. The van der Waals surface area contributed by atoms with Gasteiger partial charge in [0.15, 0.2) is 0 Å². The molecular formula is C19H36N2O. The Bertz CT molecular complexity index is 303. The van der Waals surface area contributed by atoms with E-state index in [2.05, 4.69) is 5.32 Å². The van der Waals surface area contributed by atoms with Crippen LogP contribution in [0.15, 0.2) is 0 Å². The average Bonchev–Trinajstić information content (AvgIpc) is 2.59. The summed E-state index contributed by atoms with van der Waals surface area (Å²) in [5.41, 5.74) is 0. The monoisotopic (exact) mass is 308 g/mol. The van der Waals surface area contributed by atoms with E-state index in [1.165, 1.54) is 89.9 Å². The molecule has 22 heavy (non-hydrogen) atoms. The van der Waals surface area contributed by atoms with Crippen molar-refractivity contribution in [3.63, 3.8) is 0 Å². The maximum Gasteiger partial charge on any atom is 0.0843 e. The zero-order valence-electron chi connectivity index (χ0n) is 14.3. The molecule has 3 nitrogen and oxygen atoms in total. The van der Waals surface area contributed by atoms with E-state index < -0.39 is 0 Å². The predicted octanol–water partition coefficient (Wildman–Crippen LogP) is 4.31. The van der Waals surface area contributed by atoms with Gasteiger partial charge in [-0.15, -0.1) is 0 Å². The van der Waals surface area contributed by atoms with Gasteiger partial charge in [0.05, 0.1) is 6.10 Å². The minimum atomic E-state index is 0.330. The molecule has 1 unspecified atom stereocenters. The zero-order valence-corrected chi connectivity index (χ0v) is 14.3. The van der Waals surface area contributed by atoms with Gasteiger partial charge >= 0.3 is 0 Å². The molecular weight excluding hydrogens is 272 g/mol. The minimum absolute atomic E-state index is 0.330. The van der Waals surface area contributed by atoms with Crippen LogP contribution < -0.4 is 11.2 Å². The first-order valence-corrected chi connectivity index (χ1v) is 9.98. The van der Waals surface area contributed by atoms with Crippen LogP contribution in [0.3, 0.4) is 0 Å².